The number of amides is 1. The van der Waals surface area contributed by atoms with E-state index >= 15 is 0 Å². The van der Waals surface area contributed by atoms with Gasteiger partial charge in [-0.1, -0.05) is 12.1 Å². The molecule has 1 amide bonds. The van der Waals surface area contributed by atoms with Crippen LogP contribution in [0.25, 0.3) is 0 Å². The molecule has 0 saturated heterocycles. The normalized spacial score (nSPS) is 13.6. The van der Waals surface area contributed by atoms with Gasteiger partial charge >= 0.3 is 0 Å². The Kier molecular flexibility index (Phi) is 4.03. The average molecular weight is 349 g/mol. The second kappa shape index (κ2) is 5.95. The highest BCUT2D eigenvalue weighted by molar-refractivity contribution is 9.10. The van der Waals surface area contributed by atoms with Gasteiger partial charge in [-0.3, -0.25) is 4.79 Å². The van der Waals surface area contributed by atoms with Gasteiger partial charge in [0.2, 0.25) is 0 Å². The van der Waals surface area contributed by atoms with Crippen molar-refractivity contribution >= 4 is 27.5 Å². The van der Waals surface area contributed by atoms with E-state index in [9.17, 15) is 9.18 Å². The van der Waals surface area contributed by atoms with Gasteiger partial charge in [-0.15, -0.1) is 0 Å². The molecule has 0 atom stereocenters. The summed E-state index contributed by atoms with van der Waals surface area (Å²) in [6.07, 6.45) is 0.888. The molecule has 1 aliphatic rings. The summed E-state index contributed by atoms with van der Waals surface area (Å²) in [4.78, 5) is 12.3. The molecular formula is C16H14BrFN2O. The summed E-state index contributed by atoms with van der Waals surface area (Å²) in [7, 11) is 0. The van der Waals surface area contributed by atoms with Crippen LogP contribution in [0.2, 0.25) is 0 Å². The topological polar surface area (TPSA) is 41.1 Å². The number of fused-ring (bicyclic) bond motifs is 1. The summed E-state index contributed by atoms with van der Waals surface area (Å²) in [6.45, 7) is 1.73. The van der Waals surface area contributed by atoms with E-state index in [0.29, 0.717) is 5.56 Å². The molecule has 5 heteroatoms. The molecule has 21 heavy (non-hydrogen) atoms. The van der Waals surface area contributed by atoms with Gasteiger partial charge < -0.3 is 10.6 Å². The number of rotatable bonds is 2. The van der Waals surface area contributed by atoms with Crippen LogP contribution in [-0.2, 0) is 13.0 Å². The Labute approximate surface area is 130 Å². The molecule has 0 unspecified atom stereocenters. The highest BCUT2D eigenvalue weighted by Gasteiger charge is 2.15. The van der Waals surface area contributed by atoms with Gasteiger partial charge in [0.15, 0.2) is 0 Å². The number of halogens is 2. The van der Waals surface area contributed by atoms with Gasteiger partial charge in [-0.25, -0.2) is 4.39 Å². The maximum atomic E-state index is 13.2. The first-order valence-corrected chi connectivity index (χ1v) is 7.52. The third kappa shape index (κ3) is 2.99. The van der Waals surface area contributed by atoms with E-state index in [0.717, 1.165) is 25.2 Å². The fourth-order valence-corrected chi connectivity index (χ4v) is 2.86. The van der Waals surface area contributed by atoms with E-state index in [2.05, 4.69) is 32.6 Å². The van der Waals surface area contributed by atoms with Crippen LogP contribution in [-0.4, -0.2) is 12.5 Å². The molecule has 0 bridgehead atoms. The molecule has 0 spiro atoms. The van der Waals surface area contributed by atoms with Crippen LogP contribution < -0.4 is 10.6 Å². The Morgan fingerprint density at radius 1 is 1.29 bits per heavy atom. The molecule has 0 saturated carbocycles. The number of carbonyl (C=O) groups is 1. The fourth-order valence-electron chi connectivity index (χ4n) is 2.48. The van der Waals surface area contributed by atoms with Crippen molar-refractivity contribution in [1.29, 1.82) is 0 Å². The largest absolute Gasteiger partial charge is 0.322 e. The van der Waals surface area contributed by atoms with Crippen LogP contribution in [0.1, 0.15) is 21.5 Å². The quantitative estimate of drug-likeness (QED) is 0.872. The lowest BCUT2D eigenvalue weighted by molar-refractivity contribution is 0.102. The zero-order chi connectivity index (χ0) is 14.8. The van der Waals surface area contributed by atoms with E-state index in [1.807, 2.05) is 12.1 Å². The van der Waals surface area contributed by atoms with Crippen molar-refractivity contribution in [2.75, 3.05) is 11.9 Å². The summed E-state index contributed by atoms with van der Waals surface area (Å²) >= 11 is 3.10. The zero-order valence-corrected chi connectivity index (χ0v) is 12.8. The molecule has 1 heterocycles. The highest BCUT2D eigenvalue weighted by atomic mass is 79.9. The van der Waals surface area contributed by atoms with E-state index in [4.69, 9.17) is 0 Å². The molecule has 0 fully saturated rings. The average Bonchev–Trinajstić information content (AvgIpc) is 2.50. The van der Waals surface area contributed by atoms with E-state index in [-0.39, 0.29) is 16.2 Å². The number of anilines is 1. The Bertz CT molecular complexity index is 703. The second-order valence-electron chi connectivity index (χ2n) is 4.95. The van der Waals surface area contributed by atoms with Gasteiger partial charge in [-0.2, -0.15) is 0 Å². The van der Waals surface area contributed by atoms with Gasteiger partial charge in [0.1, 0.15) is 5.82 Å². The van der Waals surface area contributed by atoms with Gasteiger partial charge in [0.05, 0.1) is 4.47 Å². The molecule has 0 radical (unpaired) electrons. The molecule has 2 aromatic carbocycles. The van der Waals surface area contributed by atoms with Crippen molar-refractivity contribution in [2.45, 2.75) is 13.0 Å². The lowest BCUT2D eigenvalue weighted by Crippen LogP contribution is -2.25. The molecule has 2 N–H and O–H groups in total. The van der Waals surface area contributed by atoms with E-state index < -0.39 is 0 Å². The summed E-state index contributed by atoms with van der Waals surface area (Å²) in [5, 5.41) is 6.23. The third-order valence-corrected chi connectivity index (χ3v) is 4.18. The van der Waals surface area contributed by atoms with Crippen LogP contribution in [0.5, 0.6) is 0 Å². The standard InChI is InChI=1S/C16H14BrFN2O/c17-13-8-10(4-5-14(13)18)16(21)20-15-3-1-2-11-9-19-7-6-12(11)15/h1-5,8,19H,6-7,9H2,(H,20,21). The number of carbonyl (C=O) groups excluding carboxylic acids is 1. The molecule has 3 nitrogen and oxygen atoms in total. The monoisotopic (exact) mass is 348 g/mol. The minimum absolute atomic E-state index is 0.234. The third-order valence-electron chi connectivity index (χ3n) is 3.57. The Morgan fingerprint density at radius 2 is 2.14 bits per heavy atom. The summed E-state index contributed by atoms with van der Waals surface area (Å²) in [6, 6.07) is 10.1. The van der Waals surface area contributed by atoms with Crippen molar-refractivity contribution in [1.82, 2.24) is 5.32 Å². The van der Waals surface area contributed by atoms with Gasteiger partial charge in [0, 0.05) is 17.8 Å². The molecular weight excluding hydrogens is 335 g/mol. The van der Waals surface area contributed by atoms with Crippen LogP contribution in [0, 0.1) is 5.82 Å². The van der Waals surface area contributed by atoms with Crippen molar-refractivity contribution in [2.24, 2.45) is 0 Å². The first-order chi connectivity index (χ1) is 10.1. The predicted octanol–water partition coefficient (Wildman–Crippen LogP) is 3.49. The van der Waals surface area contributed by atoms with Crippen molar-refractivity contribution in [3.8, 4) is 0 Å². The molecule has 0 aliphatic carbocycles. The Hall–Kier alpha value is -1.72. The number of benzene rings is 2. The highest BCUT2D eigenvalue weighted by Crippen LogP contribution is 2.24. The maximum Gasteiger partial charge on any atom is 0.255 e. The first kappa shape index (κ1) is 14.2. The molecule has 2 aromatic rings. The number of hydrogen-bond donors (Lipinski definition) is 2. The predicted molar refractivity (Wildman–Crippen MR) is 83.9 cm³/mol. The summed E-state index contributed by atoms with van der Waals surface area (Å²) < 4.78 is 13.5. The summed E-state index contributed by atoms with van der Waals surface area (Å²) in [5.41, 5.74) is 3.64. The van der Waals surface area contributed by atoms with Gasteiger partial charge in [0.25, 0.3) is 5.91 Å². The van der Waals surface area contributed by atoms with Crippen LogP contribution in [0.15, 0.2) is 40.9 Å². The van der Waals surface area contributed by atoms with Crippen LogP contribution in [0.3, 0.4) is 0 Å². The second-order valence-corrected chi connectivity index (χ2v) is 5.81. The van der Waals surface area contributed by atoms with Crippen molar-refractivity contribution in [3.63, 3.8) is 0 Å². The summed E-state index contributed by atoms with van der Waals surface area (Å²) in [5.74, 6) is -0.614. The lowest BCUT2D eigenvalue weighted by Gasteiger charge is -2.20. The number of hydrogen-bond acceptors (Lipinski definition) is 2. The number of nitrogens with one attached hydrogen (secondary N) is 2. The minimum Gasteiger partial charge on any atom is -0.322 e. The Morgan fingerprint density at radius 3 is 2.95 bits per heavy atom. The van der Waals surface area contributed by atoms with Gasteiger partial charge in [-0.05, 0) is 64.3 Å². The minimum atomic E-state index is -0.380. The SMILES string of the molecule is O=C(Nc1cccc2c1CCNC2)c1ccc(F)c(Br)c1. The van der Waals surface area contributed by atoms with Crippen LogP contribution >= 0.6 is 15.9 Å². The molecule has 0 aromatic heterocycles. The van der Waals surface area contributed by atoms with Crippen molar-refractivity contribution < 1.29 is 9.18 Å². The van der Waals surface area contributed by atoms with Crippen molar-refractivity contribution in [3.05, 3.63) is 63.4 Å². The Balaban J connectivity index is 1.86. The first-order valence-electron chi connectivity index (χ1n) is 6.73. The van der Waals surface area contributed by atoms with E-state index in [1.54, 1.807) is 0 Å². The van der Waals surface area contributed by atoms with E-state index in [1.165, 1.54) is 29.3 Å². The smallest absolute Gasteiger partial charge is 0.255 e. The molecule has 3 rings (SSSR count). The fraction of sp³-hybridized carbons (Fsp3) is 0.188. The zero-order valence-electron chi connectivity index (χ0n) is 11.2. The molecule has 108 valence electrons. The van der Waals surface area contributed by atoms with Crippen LogP contribution in [0.4, 0.5) is 10.1 Å². The maximum absolute atomic E-state index is 13.2. The lowest BCUT2D eigenvalue weighted by atomic mass is 9.99. The molecule has 1 aliphatic heterocycles.